The fraction of sp³-hybridized carbons (Fsp3) is 0.304. The molecule has 2 amide bonds. The summed E-state index contributed by atoms with van der Waals surface area (Å²) < 4.78 is 39.3. The number of rotatable bonds is 3. The first kappa shape index (κ1) is 23.7. The third kappa shape index (κ3) is 5.18. The van der Waals surface area contributed by atoms with E-state index in [4.69, 9.17) is 0 Å². The second kappa shape index (κ2) is 9.40. The van der Waals surface area contributed by atoms with Crippen molar-refractivity contribution in [1.82, 2.24) is 20.2 Å². The molecular weight excluding hydrogens is 465 g/mol. The molecule has 2 aromatic heterocycles. The highest BCUT2D eigenvalue weighted by Crippen LogP contribution is 2.39. The molecule has 34 heavy (non-hydrogen) atoms. The molecule has 11 heteroatoms. The van der Waals surface area contributed by atoms with Crippen molar-refractivity contribution >= 4 is 22.5 Å². The van der Waals surface area contributed by atoms with Gasteiger partial charge in [0.2, 0.25) is 0 Å². The highest BCUT2D eigenvalue weighted by Gasteiger charge is 2.43. The number of carbonyl (C=O) groups is 1. The number of nitrogens with one attached hydrogen (secondary N) is 2. The van der Waals surface area contributed by atoms with E-state index in [1.165, 1.54) is 11.3 Å². The summed E-state index contributed by atoms with van der Waals surface area (Å²) >= 11 is 1.22. The number of thiazole rings is 1. The molecule has 1 fully saturated rings. The number of anilines is 1. The number of benzene rings is 1. The van der Waals surface area contributed by atoms with Crippen LogP contribution < -0.4 is 10.6 Å². The summed E-state index contributed by atoms with van der Waals surface area (Å²) in [4.78, 5) is 23.7. The Balaban J connectivity index is 1.68. The fourth-order valence-electron chi connectivity index (χ4n) is 3.79. The molecule has 4 rings (SSSR count). The standard InChI is InChI=1S/C23H21F3N6OS/c1-13-8-17(9-14(2)29-13)20-19(16-5-3-4-15(10-16)11-27)30-21(34-20)31-22(33)32-7-6-28-18(12-32)23(24,25)26/h3-5,8-10,18,28H,6-7,12H2,1-2H3,(H,30,31,33)/t18-/m0/s1. The van der Waals surface area contributed by atoms with Crippen LogP contribution in [-0.2, 0) is 0 Å². The van der Waals surface area contributed by atoms with Gasteiger partial charge in [0.15, 0.2) is 5.13 Å². The summed E-state index contributed by atoms with van der Waals surface area (Å²) in [6.07, 6.45) is -4.44. The van der Waals surface area contributed by atoms with Crippen LogP contribution in [0.3, 0.4) is 0 Å². The van der Waals surface area contributed by atoms with Crippen LogP contribution in [0.1, 0.15) is 17.0 Å². The molecule has 0 saturated carbocycles. The minimum Gasteiger partial charge on any atom is -0.321 e. The van der Waals surface area contributed by atoms with Crippen LogP contribution in [0.5, 0.6) is 0 Å². The van der Waals surface area contributed by atoms with Gasteiger partial charge in [-0.1, -0.05) is 23.5 Å². The van der Waals surface area contributed by atoms with Gasteiger partial charge in [0.05, 0.1) is 22.2 Å². The van der Waals surface area contributed by atoms with Gasteiger partial charge < -0.3 is 10.2 Å². The topological polar surface area (TPSA) is 93.9 Å². The maximum Gasteiger partial charge on any atom is 0.405 e. The van der Waals surface area contributed by atoms with Gasteiger partial charge in [-0.3, -0.25) is 10.3 Å². The number of nitriles is 1. The Kier molecular flexibility index (Phi) is 6.54. The molecule has 0 aliphatic carbocycles. The minimum absolute atomic E-state index is 0.0441. The van der Waals surface area contributed by atoms with Crippen molar-refractivity contribution in [2.24, 2.45) is 0 Å². The molecular formula is C23H21F3N6OS. The van der Waals surface area contributed by atoms with Gasteiger partial charge in [-0.2, -0.15) is 18.4 Å². The molecule has 0 spiro atoms. The Morgan fingerprint density at radius 1 is 1.21 bits per heavy atom. The van der Waals surface area contributed by atoms with E-state index in [2.05, 4.69) is 26.7 Å². The number of aromatic nitrogens is 2. The number of nitrogens with zero attached hydrogens (tertiary/aromatic N) is 4. The van der Waals surface area contributed by atoms with Crippen molar-refractivity contribution in [2.75, 3.05) is 25.0 Å². The number of urea groups is 1. The molecule has 7 nitrogen and oxygen atoms in total. The smallest absolute Gasteiger partial charge is 0.321 e. The SMILES string of the molecule is Cc1cc(-c2sc(NC(=O)N3CCN[C@H](C(F)(F)F)C3)nc2-c2cccc(C#N)c2)cc(C)n1. The fourth-order valence-corrected chi connectivity index (χ4v) is 4.76. The lowest BCUT2D eigenvalue weighted by atomic mass is 10.0. The van der Waals surface area contributed by atoms with E-state index < -0.39 is 24.8 Å². The third-order valence-electron chi connectivity index (χ3n) is 5.31. The lowest BCUT2D eigenvalue weighted by Crippen LogP contribution is -2.58. The summed E-state index contributed by atoms with van der Waals surface area (Å²) in [7, 11) is 0. The number of carbonyl (C=O) groups excluding carboxylic acids is 1. The monoisotopic (exact) mass is 486 g/mol. The van der Waals surface area contributed by atoms with Crippen molar-refractivity contribution in [2.45, 2.75) is 26.1 Å². The Morgan fingerprint density at radius 2 is 1.94 bits per heavy atom. The summed E-state index contributed by atoms with van der Waals surface area (Å²) in [5.74, 6) is 0. The lowest BCUT2D eigenvalue weighted by molar-refractivity contribution is -0.162. The van der Waals surface area contributed by atoms with E-state index in [0.29, 0.717) is 16.8 Å². The van der Waals surface area contributed by atoms with Gasteiger partial charge in [0.25, 0.3) is 0 Å². The first-order valence-electron chi connectivity index (χ1n) is 10.5. The summed E-state index contributed by atoms with van der Waals surface area (Å²) in [6, 6.07) is 10.4. The first-order valence-corrected chi connectivity index (χ1v) is 11.3. The van der Waals surface area contributed by atoms with Gasteiger partial charge in [-0.25, -0.2) is 9.78 Å². The number of piperazine rings is 1. The third-order valence-corrected chi connectivity index (χ3v) is 6.33. The van der Waals surface area contributed by atoms with Crippen molar-refractivity contribution in [3.05, 3.63) is 53.3 Å². The number of hydrogen-bond donors (Lipinski definition) is 2. The first-order chi connectivity index (χ1) is 16.1. The van der Waals surface area contributed by atoms with Gasteiger partial charge in [-0.05, 0) is 43.7 Å². The van der Waals surface area contributed by atoms with Crippen molar-refractivity contribution < 1.29 is 18.0 Å². The van der Waals surface area contributed by atoms with E-state index in [0.717, 1.165) is 26.7 Å². The summed E-state index contributed by atoms with van der Waals surface area (Å²) in [5.41, 5.74) is 4.19. The van der Waals surface area contributed by atoms with Crippen LogP contribution in [0.15, 0.2) is 36.4 Å². The van der Waals surface area contributed by atoms with Gasteiger partial charge in [-0.15, -0.1) is 0 Å². The molecule has 1 aliphatic rings. The molecule has 1 atom stereocenters. The van der Waals surface area contributed by atoms with Crippen LogP contribution >= 0.6 is 11.3 Å². The predicted molar refractivity (Wildman–Crippen MR) is 123 cm³/mol. The number of halogens is 3. The van der Waals surface area contributed by atoms with Crippen LogP contribution in [-0.4, -0.2) is 52.8 Å². The zero-order valence-corrected chi connectivity index (χ0v) is 19.2. The maximum absolute atomic E-state index is 13.1. The van der Waals surface area contributed by atoms with Crippen LogP contribution in [0.4, 0.5) is 23.1 Å². The molecule has 0 unspecified atom stereocenters. The van der Waals surface area contributed by atoms with Crippen LogP contribution in [0.25, 0.3) is 21.7 Å². The summed E-state index contributed by atoms with van der Waals surface area (Å²) in [6.45, 7) is 3.46. The molecule has 2 N–H and O–H groups in total. The molecule has 0 radical (unpaired) electrons. The number of aryl methyl sites for hydroxylation is 2. The maximum atomic E-state index is 13.1. The molecule has 1 aliphatic heterocycles. The molecule has 176 valence electrons. The van der Waals surface area contributed by atoms with E-state index in [1.54, 1.807) is 18.2 Å². The molecule has 0 bridgehead atoms. The zero-order chi connectivity index (χ0) is 24.5. The molecule has 1 aromatic carbocycles. The number of alkyl halides is 3. The average Bonchev–Trinajstić information content (AvgIpc) is 3.22. The van der Waals surface area contributed by atoms with E-state index in [9.17, 15) is 23.2 Å². The number of amides is 2. The highest BCUT2D eigenvalue weighted by atomic mass is 32.1. The Labute approximate surface area is 198 Å². The number of hydrogen-bond acceptors (Lipinski definition) is 6. The van der Waals surface area contributed by atoms with E-state index in [-0.39, 0.29) is 18.2 Å². The molecule has 3 heterocycles. The van der Waals surface area contributed by atoms with E-state index in [1.807, 2.05) is 32.0 Å². The van der Waals surface area contributed by atoms with Crippen molar-refractivity contribution in [1.29, 1.82) is 5.26 Å². The molecule has 1 saturated heterocycles. The Bertz CT molecular complexity index is 1250. The van der Waals surface area contributed by atoms with Crippen LogP contribution in [0.2, 0.25) is 0 Å². The molecule has 3 aromatic rings. The predicted octanol–water partition coefficient (Wildman–Crippen LogP) is 4.73. The normalized spacial score (nSPS) is 16.2. The van der Waals surface area contributed by atoms with Gasteiger partial charge >= 0.3 is 12.2 Å². The van der Waals surface area contributed by atoms with E-state index >= 15 is 0 Å². The minimum atomic E-state index is -4.44. The second-order valence-electron chi connectivity index (χ2n) is 7.95. The quantitative estimate of drug-likeness (QED) is 0.558. The highest BCUT2D eigenvalue weighted by molar-refractivity contribution is 7.19. The van der Waals surface area contributed by atoms with Gasteiger partial charge in [0, 0.05) is 36.6 Å². The number of pyridine rings is 1. The summed E-state index contributed by atoms with van der Waals surface area (Å²) in [5, 5.41) is 14.6. The largest absolute Gasteiger partial charge is 0.405 e. The van der Waals surface area contributed by atoms with Crippen LogP contribution in [0, 0.1) is 25.2 Å². The zero-order valence-electron chi connectivity index (χ0n) is 18.4. The Morgan fingerprint density at radius 3 is 2.62 bits per heavy atom. The van der Waals surface area contributed by atoms with Crippen molar-refractivity contribution in [3.63, 3.8) is 0 Å². The Hall–Kier alpha value is -3.49. The lowest BCUT2D eigenvalue weighted by Gasteiger charge is -2.34. The van der Waals surface area contributed by atoms with Crippen molar-refractivity contribution in [3.8, 4) is 27.8 Å². The van der Waals surface area contributed by atoms with Gasteiger partial charge in [0.1, 0.15) is 6.04 Å². The average molecular weight is 487 g/mol. The second-order valence-corrected chi connectivity index (χ2v) is 8.95.